The van der Waals surface area contributed by atoms with Gasteiger partial charge in [-0.25, -0.2) is 14.4 Å². The van der Waals surface area contributed by atoms with Gasteiger partial charge in [0, 0.05) is 12.2 Å². The molecule has 0 aliphatic rings. The number of anilines is 1. The highest BCUT2D eigenvalue weighted by atomic mass is 19.1. The number of imidazole rings is 1. The Morgan fingerprint density at radius 3 is 2.74 bits per heavy atom. The lowest BCUT2D eigenvalue weighted by molar-refractivity contribution is 0.102. The summed E-state index contributed by atoms with van der Waals surface area (Å²) < 4.78 is 15.8. The molecule has 2 aromatic heterocycles. The number of benzene rings is 1. The fourth-order valence-corrected chi connectivity index (χ4v) is 2.34. The van der Waals surface area contributed by atoms with Gasteiger partial charge < -0.3 is 9.88 Å². The second kappa shape index (κ2) is 5.79. The van der Waals surface area contributed by atoms with Crippen LogP contribution in [0.15, 0.2) is 36.8 Å². The maximum absolute atomic E-state index is 13.8. The zero-order valence-electron chi connectivity index (χ0n) is 13.2. The molecule has 23 heavy (non-hydrogen) atoms. The Hall–Kier alpha value is -2.76. The Balaban J connectivity index is 1.89. The summed E-state index contributed by atoms with van der Waals surface area (Å²) in [5.41, 5.74) is 2.64. The summed E-state index contributed by atoms with van der Waals surface area (Å²) in [6, 6.07) is 6.55. The van der Waals surface area contributed by atoms with E-state index < -0.39 is 11.7 Å². The standard InChI is InChI=1S/C17H17FN4O/c1-10(2)22-9-20-15-7-12(8-19-16(15)22)17(23)21-14-5-4-11(3)6-13(14)18/h4-10H,1-3H3,(H,21,23). The van der Waals surface area contributed by atoms with Crippen LogP contribution in [0.2, 0.25) is 0 Å². The molecule has 6 heteroatoms. The molecule has 118 valence electrons. The van der Waals surface area contributed by atoms with Crippen LogP contribution in [0, 0.1) is 12.7 Å². The molecule has 2 heterocycles. The number of hydrogen-bond acceptors (Lipinski definition) is 3. The van der Waals surface area contributed by atoms with Gasteiger partial charge in [-0.2, -0.15) is 0 Å². The van der Waals surface area contributed by atoms with Gasteiger partial charge in [-0.3, -0.25) is 4.79 Å². The van der Waals surface area contributed by atoms with E-state index in [4.69, 9.17) is 0 Å². The molecule has 0 atom stereocenters. The van der Waals surface area contributed by atoms with Gasteiger partial charge in [0.05, 0.1) is 17.6 Å². The number of carbonyl (C=O) groups is 1. The van der Waals surface area contributed by atoms with Crippen molar-refractivity contribution in [3.05, 3.63) is 53.7 Å². The number of nitrogens with zero attached hydrogens (tertiary/aromatic N) is 3. The van der Waals surface area contributed by atoms with Crippen molar-refractivity contribution in [2.75, 3.05) is 5.32 Å². The highest BCUT2D eigenvalue weighted by molar-refractivity contribution is 6.05. The number of aromatic nitrogens is 3. The molecule has 3 rings (SSSR count). The van der Waals surface area contributed by atoms with Crippen molar-refractivity contribution in [3.8, 4) is 0 Å². The molecule has 1 N–H and O–H groups in total. The first-order valence-corrected chi connectivity index (χ1v) is 7.36. The molecule has 1 aromatic carbocycles. The minimum atomic E-state index is -0.462. The van der Waals surface area contributed by atoms with Crippen LogP contribution in [-0.2, 0) is 0 Å². The van der Waals surface area contributed by atoms with E-state index in [1.54, 1.807) is 31.5 Å². The van der Waals surface area contributed by atoms with Gasteiger partial charge in [0.1, 0.15) is 11.3 Å². The minimum Gasteiger partial charge on any atom is -0.319 e. The summed E-state index contributed by atoms with van der Waals surface area (Å²) in [6.07, 6.45) is 3.17. The molecule has 0 unspecified atom stereocenters. The van der Waals surface area contributed by atoms with Crippen LogP contribution in [-0.4, -0.2) is 20.4 Å². The van der Waals surface area contributed by atoms with Crippen molar-refractivity contribution in [1.82, 2.24) is 14.5 Å². The molecule has 0 fully saturated rings. The summed E-state index contributed by atoms with van der Waals surface area (Å²) in [5.74, 6) is -0.877. The van der Waals surface area contributed by atoms with Crippen molar-refractivity contribution >= 4 is 22.8 Å². The van der Waals surface area contributed by atoms with Crippen LogP contribution in [0.4, 0.5) is 10.1 Å². The third-order valence-corrected chi connectivity index (χ3v) is 3.60. The molecule has 0 aliphatic heterocycles. The largest absolute Gasteiger partial charge is 0.319 e. The summed E-state index contributed by atoms with van der Waals surface area (Å²) in [7, 11) is 0. The molecule has 0 bridgehead atoms. The van der Waals surface area contributed by atoms with Crippen molar-refractivity contribution in [2.24, 2.45) is 0 Å². The van der Waals surface area contributed by atoms with Crippen molar-refractivity contribution in [2.45, 2.75) is 26.8 Å². The maximum Gasteiger partial charge on any atom is 0.257 e. The molecule has 0 spiro atoms. The van der Waals surface area contributed by atoms with E-state index in [0.29, 0.717) is 11.1 Å². The van der Waals surface area contributed by atoms with Crippen molar-refractivity contribution in [1.29, 1.82) is 0 Å². The first-order valence-electron chi connectivity index (χ1n) is 7.36. The lowest BCUT2D eigenvalue weighted by atomic mass is 10.2. The Bertz CT molecular complexity index is 885. The molecule has 0 saturated heterocycles. The number of rotatable bonds is 3. The lowest BCUT2D eigenvalue weighted by Crippen LogP contribution is -2.13. The highest BCUT2D eigenvalue weighted by Crippen LogP contribution is 2.19. The van der Waals surface area contributed by atoms with Gasteiger partial charge in [-0.1, -0.05) is 6.07 Å². The predicted octanol–water partition coefficient (Wildman–Crippen LogP) is 3.71. The van der Waals surface area contributed by atoms with Crippen LogP contribution >= 0.6 is 0 Å². The number of fused-ring (bicyclic) bond motifs is 1. The molecule has 0 aliphatic carbocycles. The van der Waals surface area contributed by atoms with Gasteiger partial charge in [0.15, 0.2) is 5.65 Å². The van der Waals surface area contributed by atoms with E-state index in [9.17, 15) is 9.18 Å². The Morgan fingerprint density at radius 1 is 1.26 bits per heavy atom. The first kappa shape index (κ1) is 15.1. The molecule has 0 saturated carbocycles. The van der Waals surface area contributed by atoms with Crippen molar-refractivity contribution < 1.29 is 9.18 Å². The lowest BCUT2D eigenvalue weighted by Gasteiger charge is -2.08. The van der Waals surface area contributed by atoms with Crippen LogP contribution in [0.5, 0.6) is 0 Å². The molecule has 0 radical (unpaired) electrons. The zero-order valence-corrected chi connectivity index (χ0v) is 13.2. The van der Waals surface area contributed by atoms with E-state index in [1.807, 2.05) is 18.4 Å². The topological polar surface area (TPSA) is 59.8 Å². The zero-order chi connectivity index (χ0) is 16.6. The Kier molecular flexibility index (Phi) is 3.82. The third-order valence-electron chi connectivity index (χ3n) is 3.60. The van der Waals surface area contributed by atoms with E-state index in [2.05, 4.69) is 15.3 Å². The minimum absolute atomic E-state index is 0.147. The predicted molar refractivity (Wildman–Crippen MR) is 87.0 cm³/mol. The number of halogens is 1. The number of amides is 1. The summed E-state index contributed by atoms with van der Waals surface area (Å²) >= 11 is 0. The normalized spacial score (nSPS) is 11.2. The van der Waals surface area contributed by atoms with Crippen LogP contribution in [0.1, 0.15) is 35.8 Å². The van der Waals surface area contributed by atoms with Gasteiger partial charge in [0.25, 0.3) is 5.91 Å². The van der Waals surface area contributed by atoms with Crippen LogP contribution in [0.25, 0.3) is 11.2 Å². The van der Waals surface area contributed by atoms with Gasteiger partial charge in [-0.15, -0.1) is 0 Å². The average molecular weight is 312 g/mol. The Labute approximate surface area is 133 Å². The van der Waals surface area contributed by atoms with Crippen LogP contribution in [0.3, 0.4) is 0 Å². The van der Waals surface area contributed by atoms with Gasteiger partial charge in [0.2, 0.25) is 0 Å². The third kappa shape index (κ3) is 2.92. The summed E-state index contributed by atoms with van der Waals surface area (Å²) in [4.78, 5) is 20.9. The quantitative estimate of drug-likeness (QED) is 0.802. The number of hydrogen-bond donors (Lipinski definition) is 1. The monoisotopic (exact) mass is 312 g/mol. The van der Waals surface area contributed by atoms with E-state index in [-0.39, 0.29) is 11.7 Å². The molecule has 3 aromatic rings. The first-order chi connectivity index (χ1) is 11.0. The Morgan fingerprint density at radius 2 is 2.04 bits per heavy atom. The molecule has 5 nitrogen and oxygen atoms in total. The number of carbonyl (C=O) groups excluding carboxylic acids is 1. The van der Waals surface area contributed by atoms with E-state index in [1.165, 1.54) is 12.3 Å². The van der Waals surface area contributed by atoms with E-state index in [0.717, 1.165) is 11.2 Å². The van der Waals surface area contributed by atoms with Crippen molar-refractivity contribution in [3.63, 3.8) is 0 Å². The van der Waals surface area contributed by atoms with Gasteiger partial charge >= 0.3 is 0 Å². The molecular formula is C17H17FN4O. The highest BCUT2D eigenvalue weighted by Gasteiger charge is 2.13. The van der Waals surface area contributed by atoms with E-state index >= 15 is 0 Å². The molecular weight excluding hydrogens is 295 g/mol. The van der Waals surface area contributed by atoms with Gasteiger partial charge in [-0.05, 0) is 44.5 Å². The second-order valence-corrected chi connectivity index (χ2v) is 5.75. The maximum atomic E-state index is 13.8. The number of aryl methyl sites for hydroxylation is 1. The number of pyridine rings is 1. The number of nitrogens with one attached hydrogen (secondary N) is 1. The molecule has 1 amide bonds. The summed E-state index contributed by atoms with van der Waals surface area (Å²) in [5, 5.41) is 2.56. The summed E-state index contributed by atoms with van der Waals surface area (Å²) in [6.45, 7) is 5.85. The van der Waals surface area contributed by atoms with Crippen LogP contribution < -0.4 is 5.32 Å². The fourth-order valence-electron chi connectivity index (χ4n) is 2.34. The fraction of sp³-hybridized carbons (Fsp3) is 0.235. The second-order valence-electron chi connectivity index (χ2n) is 5.75. The smallest absolute Gasteiger partial charge is 0.257 e. The average Bonchev–Trinajstić information content (AvgIpc) is 2.93. The SMILES string of the molecule is Cc1ccc(NC(=O)c2cnc3c(c2)ncn3C(C)C)c(F)c1.